The van der Waals surface area contributed by atoms with E-state index in [0.717, 1.165) is 36.9 Å². The Labute approximate surface area is 164 Å². The van der Waals surface area contributed by atoms with E-state index in [2.05, 4.69) is 15.3 Å². The zero-order valence-electron chi connectivity index (χ0n) is 15.1. The lowest BCUT2D eigenvalue weighted by Crippen LogP contribution is -2.29. The Kier molecular flexibility index (Phi) is 4.67. The molecule has 27 heavy (non-hydrogen) atoms. The van der Waals surface area contributed by atoms with E-state index in [-0.39, 0.29) is 12.5 Å². The van der Waals surface area contributed by atoms with Crippen LogP contribution in [-0.4, -0.2) is 36.6 Å². The van der Waals surface area contributed by atoms with Crippen LogP contribution in [0.1, 0.15) is 5.56 Å². The van der Waals surface area contributed by atoms with Crippen LogP contribution in [0.15, 0.2) is 36.4 Å². The highest BCUT2D eigenvalue weighted by atomic mass is 32.1. The van der Waals surface area contributed by atoms with Gasteiger partial charge in [-0.1, -0.05) is 40.9 Å². The Hall–Kier alpha value is -2.71. The van der Waals surface area contributed by atoms with Gasteiger partial charge in [0.05, 0.1) is 28.6 Å². The van der Waals surface area contributed by atoms with Crippen LogP contribution in [-0.2, 0) is 4.79 Å². The number of benzene rings is 2. The number of methoxy groups -OCH3 is 1. The molecule has 138 valence electrons. The van der Waals surface area contributed by atoms with Crippen molar-refractivity contribution in [1.29, 1.82) is 0 Å². The van der Waals surface area contributed by atoms with E-state index in [0.29, 0.717) is 5.13 Å². The van der Waals surface area contributed by atoms with Crippen LogP contribution in [0.5, 0.6) is 5.75 Å². The van der Waals surface area contributed by atoms with Gasteiger partial charge in [-0.3, -0.25) is 4.79 Å². The predicted octanol–water partition coefficient (Wildman–Crippen LogP) is 4.30. The SMILES string of the molecule is COc1cccc2sc(N(C)CC(=O)Nc3nc4c(C)cccc4s3)nc12. The van der Waals surface area contributed by atoms with E-state index < -0.39 is 0 Å². The molecule has 0 aliphatic heterocycles. The minimum Gasteiger partial charge on any atom is -0.494 e. The first kappa shape index (κ1) is 17.7. The molecule has 0 radical (unpaired) electrons. The van der Waals surface area contributed by atoms with Gasteiger partial charge in [0, 0.05) is 7.05 Å². The number of nitrogens with zero attached hydrogens (tertiary/aromatic N) is 3. The molecule has 1 amide bonds. The largest absolute Gasteiger partial charge is 0.494 e. The van der Waals surface area contributed by atoms with Crippen molar-refractivity contribution >= 4 is 59.3 Å². The van der Waals surface area contributed by atoms with E-state index in [1.165, 1.54) is 22.7 Å². The number of thiazole rings is 2. The van der Waals surface area contributed by atoms with Crippen LogP contribution in [0.2, 0.25) is 0 Å². The van der Waals surface area contributed by atoms with Gasteiger partial charge in [-0.25, -0.2) is 9.97 Å². The molecular formula is C19H18N4O2S2. The van der Waals surface area contributed by atoms with Crippen molar-refractivity contribution in [3.05, 3.63) is 42.0 Å². The van der Waals surface area contributed by atoms with Crippen LogP contribution in [0, 0.1) is 6.92 Å². The molecule has 6 nitrogen and oxygen atoms in total. The van der Waals surface area contributed by atoms with Crippen LogP contribution in [0.4, 0.5) is 10.3 Å². The van der Waals surface area contributed by atoms with Gasteiger partial charge in [0.1, 0.15) is 11.3 Å². The summed E-state index contributed by atoms with van der Waals surface area (Å²) in [4.78, 5) is 23.4. The molecule has 0 saturated heterocycles. The minimum atomic E-state index is -0.125. The van der Waals surface area contributed by atoms with Gasteiger partial charge >= 0.3 is 0 Å². The summed E-state index contributed by atoms with van der Waals surface area (Å²) in [5.41, 5.74) is 2.85. The number of ether oxygens (including phenoxy) is 1. The van der Waals surface area contributed by atoms with Crippen molar-refractivity contribution in [3.8, 4) is 5.75 Å². The van der Waals surface area contributed by atoms with Gasteiger partial charge in [-0.2, -0.15) is 0 Å². The standard InChI is InChI=1S/C19H18N4O2S2/c1-11-6-4-8-13-16(11)21-18(26-13)20-15(24)10-23(2)19-22-17-12(25-3)7-5-9-14(17)27-19/h4-9H,10H2,1-3H3,(H,20,21,24). The van der Waals surface area contributed by atoms with Gasteiger partial charge in [-0.05, 0) is 30.7 Å². The van der Waals surface area contributed by atoms with Gasteiger partial charge in [0.25, 0.3) is 0 Å². The first-order valence-electron chi connectivity index (χ1n) is 8.36. The number of rotatable bonds is 5. The maximum Gasteiger partial charge on any atom is 0.245 e. The summed E-state index contributed by atoms with van der Waals surface area (Å²) in [6.45, 7) is 2.21. The third-order valence-corrected chi connectivity index (χ3v) is 6.24. The molecule has 0 aliphatic carbocycles. The average molecular weight is 399 g/mol. The number of amides is 1. The maximum atomic E-state index is 12.5. The van der Waals surface area contributed by atoms with Gasteiger partial charge in [0.2, 0.25) is 5.91 Å². The Morgan fingerprint density at radius 1 is 1.11 bits per heavy atom. The molecule has 2 aromatic carbocycles. The number of para-hydroxylation sites is 2. The number of likely N-dealkylation sites (N-methyl/N-ethyl adjacent to an activating group) is 1. The Balaban J connectivity index is 1.49. The summed E-state index contributed by atoms with van der Waals surface area (Å²) in [6.07, 6.45) is 0. The molecule has 0 aliphatic rings. The number of aromatic nitrogens is 2. The normalized spacial score (nSPS) is 11.1. The van der Waals surface area contributed by atoms with E-state index in [4.69, 9.17) is 4.74 Å². The topological polar surface area (TPSA) is 67.3 Å². The molecule has 0 atom stereocenters. The van der Waals surface area contributed by atoms with E-state index in [1.54, 1.807) is 7.11 Å². The lowest BCUT2D eigenvalue weighted by molar-refractivity contribution is -0.114. The first-order valence-corrected chi connectivity index (χ1v) is 9.99. The molecule has 4 aromatic rings. The van der Waals surface area contributed by atoms with Crippen LogP contribution in [0.3, 0.4) is 0 Å². The van der Waals surface area contributed by atoms with Crippen LogP contribution < -0.4 is 15.0 Å². The number of hydrogen-bond acceptors (Lipinski definition) is 7. The number of carbonyl (C=O) groups is 1. The van der Waals surface area contributed by atoms with Crippen LogP contribution in [0.25, 0.3) is 20.4 Å². The summed E-state index contributed by atoms with van der Waals surface area (Å²) in [5.74, 6) is 0.609. The van der Waals surface area contributed by atoms with E-state index in [1.807, 2.05) is 55.3 Å². The molecule has 1 N–H and O–H groups in total. The highest BCUT2D eigenvalue weighted by Crippen LogP contribution is 2.33. The lowest BCUT2D eigenvalue weighted by Gasteiger charge is -2.14. The zero-order valence-corrected chi connectivity index (χ0v) is 16.8. The molecule has 2 heterocycles. The second kappa shape index (κ2) is 7.13. The molecule has 0 saturated carbocycles. The summed E-state index contributed by atoms with van der Waals surface area (Å²) in [6, 6.07) is 11.8. The second-order valence-corrected chi connectivity index (χ2v) is 8.19. The zero-order chi connectivity index (χ0) is 19.0. The van der Waals surface area contributed by atoms with Gasteiger partial charge in [-0.15, -0.1) is 0 Å². The number of hydrogen-bond donors (Lipinski definition) is 1. The number of aryl methyl sites for hydroxylation is 1. The van der Waals surface area contributed by atoms with Crippen molar-refractivity contribution in [3.63, 3.8) is 0 Å². The summed E-state index contributed by atoms with van der Waals surface area (Å²) >= 11 is 3.01. The minimum absolute atomic E-state index is 0.125. The van der Waals surface area contributed by atoms with Crippen molar-refractivity contribution in [2.45, 2.75) is 6.92 Å². The molecular weight excluding hydrogens is 380 g/mol. The highest BCUT2D eigenvalue weighted by Gasteiger charge is 2.15. The molecule has 0 spiro atoms. The Bertz CT molecular complexity index is 1140. The second-order valence-electron chi connectivity index (χ2n) is 6.15. The summed E-state index contributed by atoms with van der Waals surface area (Å²) in [7, 11) is 3.48. The van der Waals surface area contributed by atoms with Crippen molar-refractivity contribution in [2.24, 2.45) is 0 Å². The molecule has 2 aromatic heterocycles. The molecule has 4 rings (SSSR count). The van der Waals surface area contributed by atoms with Gasteiger partial charge < -0.3 is 15.0 Å². The van der Waals surface area contributed by atoms with Crippen molar-refractivity contribution in [1.82, 2.24) is 9.97 Å². The fourth-order valence-electron chi connectivity index (χ4n) is 2.82. The van der Waals surface area contributed by atoms with Crippen LogP contribution >= 0.6 is 22.7 Å². The number of nitrogens with one attached hydrogen (secondary N) is 1. The fourth-order valence-corrected chi connectivity index (χ4v) is 4.72. The smallest absolute Gasteiger partial charge is 0.245 e. The predicted molar refractivity (Wildman–Crippen MR) is 112 cm³/mol. The Morgan fingerprint density at radius 2 is 1.85 bits per heavy atom. The number of carbonyl (C=O) groups excluding carboxylic acids is 1. The van der Waals surface area contributed by atoms with E-state index in [9.17, 15) is 4.79 Å². The lowest BCUT2D eigenvalue weighted by atomic mass is 10.2. The molecule has 0 bridgehead atoms. The fraction of sp³-hybridized carbons (Fsp3) is 0.211. The van der Waals surface area contributed by atoms with Crippen molar-refractivity contribution < 1.29 is 9.53 Å². The highest BCUT2D eigenvalue weighted by molar-refractivity contribution is 7.22. The Morgan fingerprint density at radius 3 is 2.59 bits per heavy atom. The molecule has 0 fully saturated rings. The quantitative estimate of drug-likeness (QED) is 0.543. The monoisotopic (exact) mass is 398 g/mol. The third kappa shape index (κ3) is 3.45. The summed E-state index contributed by atoms with van der Waals surface area (Å²) < 4.78 is 7.45. The number of anilines is 2. The average Bonchev–Trinajstić information content (AvgIpc) is 3.25. The van der Waals surface area contributed by atoms with Gasteiger partial charge in [0.15, 0.2) is 10.3 Å². The van der Waals surface area contributed by atoms with Crippen molar-refractivity contribution in [2.75, 3.05) is 30.9 Å². The number of fused-ring (bicyclic) bond motifs is 2. The van der Waals surface area contributed by atoms with E-state index >= 15 is 0 Å². The molecule has 0 unspecified atom stereocenters. The first-order chi connectivity index (χ1) is 13.0. The molecule has 8 heteroatoms. The third-order valence-electron chi connectivity index (χ3n) is 4.16. The maximum absolute atomic E-state index is 12.5. The summed E-state index contributed by atoms with van der Waals surface area (Å²) in [5, 5.41) is 4.28.